The first-order valence-electron chi connectivity index (χ1n) is 9.89. The SMILES string of the molecule is O=C1CC(c2cc(O)c(O)c(OC3OC(CO)C(O)C(O)C3O)c2)Oc2cc(O)cc(O)c21. The molecule has 0 aromatic heterocycles. The fourth-order valence-corrected chi connectivity index (χ4v) is 3.79. The molecule has 6 atom stereocenters. The number of benzene rings is 2. The number of aliphatic hydroxyl groups is 4. The minimum absolute atomic E-state index is 0.0854. The number of aromatic hydroxyl groups is 4. The molecule has 2 aromatic carbocycles. The van der Waals surface area contributed by atoms with Gasteiger partial charge in [0.1, 0.15) is 53.3 Å². The Labute approximate surface area is 186 Å². The number of hydrogen-bond acceptors (Lipinski definition) is 12. The van der Waals surface area contributed by atoms with Crippen molar-refractivity contribution in [1.82, 2.24) is 0 Å². The summed E-state index contributed by atoms with van der Waals surface area (Å²) in [7, 11) is 0. The van der Waals surface area contributed by atoms with Gasteiger partial charge in [0.05, 0.1) is 13.0 Å². The maximum absolute atomic E-state index is 12.5. The fourth-order valence-electron chi connectivity index (χ4n) is 3.79. The zero-order valence-electron chi connectivity index (χ0n) is 16.9. The number of carbonyl (C=O) groups excluding carboxylic acids is 1. The highest BCUT2D eigenvalue weighted by Gasteiger charge is 2.45. The van der Waals surface area contributed by atoms with Crippen molar-refractivity contribution < 1.29 is 59.9 Å². The number of aliphatic hydroxyl groups excluding tert-OH is 4. The quantitative estimate of drug-likeness (QED) is 0.266. The summed E-state index contributed by atoms with van der Waals surface area (Å²) in [6.45, 7) is -0.695. The van der Waals surface area contributed by atoms with Crippen molar-refractivity contribution in [2.45, 2.75) is 43.2 Å². The van der Waals surface area contributed by atoms with E-state index in [1.807, 2.05) is 0 Å². The van der Waals surface area contributed by atoms with Crippen LogP contribution < -0.4 is 9.47 Å². The molecular weight excluding hydrogens is 444 g/mol. The zero-order valence-corrected chi connectivity index (χ0v) is 16.9. The van der Waals surface area contributed by atoms with Gasteiger partial charge in [-0.05, 0) is 12.1 Å². The van der Waals surface area contributed by atoms with Crippen LogP contribution in [0.5, 0.6) is 34.5 Å². The molecule has 178 valence electrons. The second kappa shape index (κ2) is 8.57. The largest absolute Gasteiger partial charge is 0.508 e. The molecule has 6 unspecified atom stereocenters. The van der Waals surface area contributed by atoms with Crippen LogP contribution in [0.3, 0.4) is 0 Å². The van der Waals surface area contributed by atoms with Gasteiger partial charge in [-0.1, -0.05) is 0 Å². The molecule has 0 amide bonds. The highest BCUT2D eigenvalue weighted by molar-refractivity contribution is 6.02. The topological polar surface area (TPSA) is 207 Å². The first-order chi connectivity index (χ1) is 15.6. The van der Waals surface area contributed by atoms with Crippen molar-refractivity contribution in [3.63, 3.8) is 0 Å². The predicted octanol–water partition coefficient (Wildman–Crippen LogP) is -0.606. The van der Waals surface area contributed by atoms with Gasteiger partial charge in [-0.15, -0.1) is 0 Å². The van der Waals surface area contributed by atoms with E-state index in [9.17, 15) is 45.6 Å². The number of phenolic OH excluding ortho intramolecular Hbond substituents is 4. The first-order valence-corrected chi connectivity index (χ1v) is 9.89. The summed E-state index contributed by atoms with van der Waals surface area (Å²) in [5, 5.41) is 79.2. The number of carbonyl (C=O) groups is 1. The summed E-state index contributed by atoms with van der Waals surface area (Å²) in [6.07, 6.45) is -9.26. The summed E-state index contributed by atoms with van der Waals surface area (Å²) in [5.74, 6) is -3.18. The third-order valence-electron chi connectivity index (χ3n) is 5.53. The lowest BCUT2D eigenvalue weighted by Gasteiger charge is -2.39. The lowest BCUT2D eigenvalue weighted by molar-refractivity contribution is -0.277. The van der Waals surface area contributed by atoms with Crippen molar-refractivity contribution in [2.75, 3.05) is 6.61 Å². The van der Waals surface area contributed by atoms with Crippen LogP contribution in [0.25, 0.3) is 0 Å². The van der Waals surface area contributed by atoms with E-state index in [0.717, 1.165) is 18.2 Å². The van der Waals surface area contributed by atoms with Crippen molar-refractivity contribution in [3.8, 4) is 34.5 Å². The van der Waals surface area contributed by atoms with Gasteiger partial charge in [0, 0.05) is 17.7 Å². The van der Waals surface area contributed by atoms with E-state index in [-0.39, 0.29) is 29.0 Å². The lowest BCUT2D eigenvalue weighted by Crippen LogP contribution is -2.60. The van der Waals surface area contributed by atoms with E-state index in [2.05, 4.69) is 0 Å². The average Bonchev–Trinajstić information content (AvgIpc) is 2.76. The van der Waals surface area contributed by atoms with E-state index in [1.54, 1.807) is 0 Å². The smallest absolute Gasteiger partial charge is 0.229 e. The summed E-state index contributed by atoms with van der Waals surface area (Å²) in [6, 6.07) is 4.45. The lowest BCUT2D eigenvalue weighted by atomic mass is 9.95. The van der Waals surface area contributed by atoms with Gasteiger partial charge in [-0.3, -0.25) is 4.79 Å². The maximum atomic E-state index is 12.5. The van der Waals surface area contributed by atoms with Gasteiger partial charge in [0.25, 0.3) is 0 Å². The molecule has 0 aliphatic carbocycles. The molecule has 12 nitrogen and oxygen atoms in total. The predicted molar refractivity (Wildman–Crippen MR) is 106 cm³/mol. The van der Waals surface area contributed by atoms with E-state index in [4.69, 9.17) is 14.2 Å². The van der Waals surface area contributed by atoms with Crippen LogP contribution >= 0.6 is 0 Å². The Bertz CT molecular complexity index is 1070. The molecule has 2 aliphatic heterocycles. The van der Waals surface area contributed by atoms with Gasteiger partial charge in [-0.25, -0.2) is 0 Å². The minimum atomic E-state index is -1.77. The molecule has 1 saturated heterocycles. The monoisotopic (exact) mass is 466 g/mol. The zero-order chi connectivity index (χ0) is 24.0. The molecule has 0 spiro atoms. The van der Waals surface area contributed by atoms with Crippen LogP contribution in [-0.2, 0) is 4.74 Å². The molecule has 2 aliphatic rings. The molecular formula is C21H22O12. The van der Waals surface area contributed by atoms with E-state index in [1.165, 1.54) is 6.07 Å². The molecule has 0 radical (unpaired) electrons. The Balaban J connectivity index is 1.64. The molecule has 1 fully saturated rings. The number of Topliss-reactive ketones (excluding diaryl/α,β-unsaturated/α-hetero) is 1. The Morgan fingerprint density at radius 2 is 1.67 bits per heavy atom. The van der Waals surface area contributed by atoms with E-state index < -0.39 is 72.2 Å². The van der Waals surface area contributed by atoms with Gasteiger partial charge in [0.2, 0.25) is 12.0 Å². The Morgan fingerprint density at radius 1 is 0.939 bits per heavy atom. The van der Waals surface area contributed by atoms with Crippen molar-refractivity contribution >= 4 is 5.78 Å². The van der Waals surface area contributed by atoms with Crippen LogP contribution in [0.2, 0.25) is 0 Å². The fraction of sp³-hybridized carbons (Fsp3) is 0.381. The van der Waals surface area contributed by atoms with Crippen LogP contribution in [-0.4, -0.2) is 83.9 Å². The molecule has 4 rings (SSSR count). The molecule has 2 aromatic rings. The Kier molecular flexibility index (Phi) is 5.95. The summed E-state index contributed by atoms with van der Waals surface area (Å²) in [4.78, 5) is 12.5. The number of ketones is 1. The number of ether oxygens (including phenoxy) is 3. The summed E-state index contributed by atoms with van der Waals surface area (Å²) < 4.78 is 16.4. The average molecular weight is 466 g/mol. The summed E-state index contributed by atoms with van der Waals surface area (Å²) in [5.41, 5.74) is 0.0524. The maximum Gasteiger partial charge on any atom is 0.229 e. The number of hydrogen-bond donors (Lipinski definition) is 8. The van der Waals surface area contributed by atoms with Gasteiger partial charge < -0.3 is 55.1 Å². The van der Waals surface area contributed by atoms with E-state index in [0.29, 0.717) is 0 Å². The van der Waals surface area contributed by atoms with Gasteiger partial charge in [0.15, 0.2) is 17.3 Å². The summed E-state index contributed by atoms with van der Waals surface area (Å²) >= 11 is 0. The third-order valence-corrected chi connectivity index (χ3v) is 5.53. The standard InChI is InChI=1S/C21H22O12/c22-6-15-18(28)19(29)20(30)21(33-15)32-14-2-7(1-11(26)17(14)27)12-5-10(25)16-9(24)3-8(23)4-13(16)31-12/h1-4,12,15,18-24,26-30H,5-6H2. The van der Waals surface area contributed by atoms with Crippen molar-refractivity contribution in [2.24, 2.45) is 0 Å². The first kappa shape index (κ1) is 22.9. The minimum Gasteiger partial charge on any atom is -0.508 e. The number of rotatable bonds is 4. The molecule has 33 heavy (non-hydrogen) atoms. The Hall–Kier alpha value is -3.29. The number of fused-ring (bicyclic) bond motifs is 1. The second-order valence-electron chi connectivity index (χ2n) is 7.77. The molecule has 8 N–H and O–H groups in total. The van der Waals surface area contributed by atoms with E-state index >= 15 is 0 Å². The number of phenols is 4. The highest BCUT2D eigenvalue weighted by atomic mass is 16.7. The van der Waals surface area contributed by atoms with Crippen molar-refractivity contribution in [3.05, 3.63) is 35.4 Å². The van der Waals surface area contributed by atoms with Crippen LogP contribution in [0, 0.1) is 0 Å². The highest BCUT2D eigenvalue weighted by Crippen LogP contribution is 2.45. The van der Waals surface area contributed by atoms with Crippen LogP contribution in [0.4, 0.5) is 0 Å². The van der Waals surface area contributed by atoms with Crippen LogP contribution in [0.1, 0.15) is 28.4 Å². The van der Waals surface area contributed by atoms with Crippen molar-refractivity contribution in [1.29, 1.82) is 0 Å². The molecule has 12 heteroatoms. The van der Waals surface area contributed by atoms with Crippen LogP contribution in [0.15, 0.2) is 24.3 Å². The molecule has 0 saturated carbocycles. The molecule has 2 heterocycles. The second-order valence-corrected chi connectivity index (χ2v) is 7.77. The molecule has 0 bridgehead atoms. The van der Waals surface area contributed by atoms with Gasteiger partial charge >= 0.3 is 0 Å². The normalized spacial score (nSPS) is 29.3. The Morgan fingerprint density at radius 3 is 2.36 bits per heavy atom. The third kappa shape index (κ3) is 4.10. The van der Waals surface area contributed by atoms with Gasteiger partial charge in [-0.2, -0.15) is 0 Å².